The van der Waals surface area contributed by atoms with E-state index in [0.717, 1.165) is 38.5 Å². The Balaban J connectivity index is 3.91. The Hall–Kier alpha value is -1.18. The molecule has 0 aromatic carbocycles. The van der Waals surface area contributed by atoms with E-state index in [4.69, 9.17) is 0 Å². The standard InChI is InChI=1S/C32H61NO5S/c1-3-5-7-9-11-12-13-14-15-16-17-18-19-20-22-24-26-28-32(35)33-30(29-39(36,37)38)31(34)27-25-23-21-10-8-6-4-2/h8,10,25,27,30-31,34H,3-7,9,11-24,26,28-29H2,1-2H3,(H,33,35)(H,36,37,38)/b10-8+,27-25+. The SMILES string of the molecule is CCC/C=C/CC/C=C/C(O)C(CS(=O)(=O)O)NC(=O)CCCCCCCCCCCCCCCCCCC. The zero-order valence-corrected chi connectivity index (χ0v) is 26.1. The molecule has 0 aromatic heterocycles. The van der Waals surface area contributed by atoms with Crippen molar-refractivity contribution in [2.75, 3.05) is 5.75 Å². The maximum Gasteiger partial charge on any atom is 0.267 e. The van der Waals surface area contributed by atoms with Gasteiger partial charge in [-0.1, -0.05) is 147 Å². The molecule has 0 saturated carbocycles. The third kappa shape index (κ3) is 28.2. The Morgan fingerprint density at radius 2 is 1.10 bits per heavy atom. The number of aliphatic hydroxyl groups excluding tert-OH is 1. The topological polar surface area (TPSA) is 104 Å². The summed E-state index contributed by atoms with van der Waals surface area (Å²) in [7, 11) is -4.33. The lowest BCUT2D eigenvalue weighted by atomic mass is 10.0. The molecule has 0 aliphatic carbocycles. The molecule has 0 heterocycles. The number of amides is 1. The molecule has 2 atom stereocenters. The monoisotopic (exact) mass is 571 g/mol. The van der Waals surface area contributed by atoms with Gasteiger partial charge < -0.3 is 10.4 Å². The molecule has 0 aromatic rings. The first kappa shape index (κ1) is 37.8. The third-order valence-corrected chi connectivity index (χ3v) is 7.89. The highest BCUT2D eigenvalue weighted by Crippen LogP contribution is 2.14. The van der Waals surface area contributed by atoms with Gasteiger partial charge in [0.15, 0.2) is 0 Å². The molecule has 0 saturated heterocycles. The summed E-state index contributed by atoms with van der Waals surface area (Å²) in [5.74, 6) is -1.00. The molecular weight excluding hydrogens is 510 g/mol. The van der Waals surface area contributed by atoms with Crippen LogP contribution in [0.15, 0.2) is 24.3 Å². The van der Waals surface area contributed by atoms with Crippen LogP contribution in [-0.4, -0.2) is 41.9 Å². The number of rotatable bonds is 28. The number of allylic oxidation sites excluding steroid dienone is 3. The van der Waals surface area contributed by atoms with Gasteiger partial charge in [0, 0.05) is 6.42 Å². The van der Waals surface area contributed by atoms with Crippen LogP contribution in [0.2, 0.25) is 0 Å². The predicted octanol–water partition coefficient (Wildman–Crippen LogP) is 8.45. The Bertz CT molecular complexity index is 720. The minimum atomic E-state index is -4.33. The Morgan fingerprint density at radius 3 is 1.56 bits per heavy atom. The van der Waals surface area contributed by atoms with Gasteiger partial charge in [0.25, 0.3) is 10.1 Å². The van der Waals surface area contributed by atoms with Crippen LogP contribution in [0.4, 0.5) is 0 Å². The van der Waals surface area contributed by atoms with E-state index in [1.165, 1.54) is 96.0 Å². The molecule has 3 N–H and O–H groups in total. The molecule has 0 fully saturated rings. The zero-order valence-electron chi connectivity index (χ0n) is 25.3. The van der Waals surface area contributed by atoms with Gasteiger partial charge in [-0.05, 0) is 25.7 Å². The highest BCUT2D eigenvalue weighted by Gasteiger charge is 2.24. The second-order valence-electron chi connectivity index (χ2n) is 11.1. The maximum atomic E-state index is 12.3. The summed E-state index contributed by atoms with van der Waals surface area (Å²) in [6.45, 7) is 4.38. The van der Waals surface area contributed by atoms with Crippen LogP contribution < -0.4 is 5.32 Å². The molecule has 230 valence electrons. The van der Waals surface area contributed by atoms with Gasteiger partial charge >= 0.3 is 0 Å². The quantitative estimate of drug-likeness (QED) is 0.0496. The fraction of sp³-hybridized carbons (Fsp3) is 0.844. The van der Waals surface area contributed by atoms with Crippen molar-refractivity contribution in [1.82, 2.24) is 5.32 Å². The fourth-order valence-corrected chi connectivity index (χ4v) is 5.44. The van der Waals surface area contributed by atoms with Gasteiger partial charge in [0.1, 0.15) is 0 Å². The molecule has 7 heteroatoms. The van der Waals surface area contributed by atoms with E-state index >= 15 is 0 Å². The van der Waals surface area contributed by atoms with Crippen LogP contribution in [0, 0.1) is 0 Å². The van der Waals surface area contributed by atoms with Crippen LogP contribution in [0.1, 0.15) is 155 Å². The average molecular weight is 572 g/mol. The number of unbranched alkanes of at least 4 members (excludes halogenated alkanes) is 18. The van der Waals surface area contributed by atoms with Gasteiger partial charge in [-0.25, -0.2) is 0 Å². The van der Waals surface area contributed by atoms with Crippen LogP contribution in [0.5, 0.6) is 0 Å². The zero-order chi connectivity index (χ0) is 29.0. The van der Waals surface area contributed by atoms with Gasteiger partial charge in [-0.3, -0.25) is 9.35 Å². The average Bonchev–Trinajstić information content (AvgIpc) is 2.88. The molecule has 2 unspecified atom stereocenters. The van der Waals surface area contributed by atoms with E-state index in [9.17, 15) is 22.9 Å². The van der Waals surface area contributed by atoms with Crippen molar-refractivity contribution in [2.24, 2.45) is 0 Å². The van der Waals surface area contributed by atoms with Crippen LogP contribution in [-0.2, 0) is 14.9 Å². The first-order valence-electron chi connectivity index (χ1n) is 16.0. The van der Waals surface area contributed by atoms with E-state index in [1.807, 2.05) is 0 Å². The van der Waals surface area contributed by atoms with Crippen LogP contribution in [0.3, 0.4) is 0 Å². The van der Waals surface area contributed by atoms with Crippen molar-refractivity contribution in [1.29, 1.82) is 0 Å². The summed E-state index contributed by atoms with van der Waals surface area (Å²) < 4.78 is 32.0. The summed E-state index contributed by atoms with van der Waals surface area (Å²) in [5, 5.41) is 13.0. The molecule has 0 spiro atoms. The van der Waals surface area contributed by atoms with E-state index in [-0.39, 0.29) is 5.91 Å². The number of hydrogen-bond donors (Lipinski definition) is 3. The smallest absolute Gasteiger partial charge is 0.267 e. The third-order valence-electron chi connectivity index (χ3n) is 7.11. The van der Waals surface area contributed by atoms with Gasteiger partial charge in [0.05, 0.1) is 17.9 Å². The lowest BCUT2D eigenvalue weighted by Gasteiger charge is -2.21. The van der Waals surface area contributed by atoms with Gasteiger partial charge in [-0.2, -0.15) is 8.42 Å². The summed E-state index contributed by atoms with van der Waals surface area (Å²) >= 11 is 0. The summed E-state index contributed by atoms with van der Waals surface area (Å²) in [6.07, 6.45) is 31.9. The van der Waals surface area contributed by atoms with E-state index in [2.05, 4.69) is 31.3 Å². The number of aliphatic hydroxyl groups is 1. The molecule has 0 bridgehead atoms. The van der Waals surface area contributed by atoms with E-state index in [1.54, 1.807) is 6.08 Å². The Morgan fingerprint density at radius 1 is 0.667 bits per heavy atom. The lowest BCUT2D eigenvalue weighted by molar-refractivity contribution is -0.122. The fourth-order valence-electron chi connectivity index (χ4n) is 4.71. The van der Waals surface area contributed by atoms with Crippen LogP contribution >= 0.6 is 0 Å². The van der Waals surface area contributed by atoms with Crippen molar-refractivity contribution < 1.29 is 22.9 Å². The van der Waals surface area contributed by atoms with Crippen molar-refractivity contribution in [2.45, 2.75) is 167 Å². The molecule has 0 rings (SSSR count). The number of hydrogen-bond acceptors (Lipinski definition) is 4. The Kier molecular flexibility index (Phi) is 26.2. The highest BCUT2D eigenvalue weighted by atomic mass is 32.2. The van der Waals surface area contributed by atoms with Crippen LogP contribution in [0.25, 0.3) is 0 Å². The maximum absolute atomic E-state index is 12.3. The predicted molar refractivity (Wildman–Crippen MR) is 166 cm³/mol. The van der Waals surface area contributed by atoms with Crippen molar-refractivity contribution in [3.05, 3.63) is 24.3 Å². The second kappa shape index (κ2) is 27.0. The molecule has 1 amide bonds. The second-order valence-corrected chi connectivity index (χ2v) is 12.6. The summed E-state index contributed by atoms with van der Waals surface area (Å²) in [5.41, 5.74) is 0. The van der Waals surface area contributed by atoms with Gasteiger partial charge in [0.2, 0.25) is 5.91 Å². The minimum absolute atomic E-state index is 0.291. The molecular formula is C32H61NO5S. The van der Waals surface area contributed by atoms with Crippen molar-refractivity contribution in [3.63, 3.8) is 0 Å². The highest BCUT2D eigenvalue weighted by molar-refractivity contribution is 7.85. The van der Waals surface area contributed by atoms with Crippen molar-refractivity contribution in [3.8, 4) is 0 Å². The van der Waals surface area contributed by atoms with Gasteiger partial charge in [-0.15, -0.1) is 0 Å². The Labute approximate surface area is 241 Å². The first-order chi connectivity index (χ1) is 18.8. The number of carbonyl (C=O) groups is 1. The molecule has 39 heavy (non-hydrogen) atoms. The molecule has 6 nitrogen and oxygen atoms in total. The lowest BCUT2D eigenvalue weighted by Crippen LogP contribution is -2.46. The molecule has 0 radical (unpaired) electrons. The first-order valence-corrected chi connectivity index (χ1v) is 17.6. The number of nitrogens with one attached hydrogen (secondary N) is 1. The molecule has 0 aliphatic heterocycles. The number of carbonyl (C=O) groups excluding carboxylic acids is 1. The van der Waals surface area contributed by atoms with E-state index < -0.39 is 28.0 Å². The van der Waals surface area contributed by atoms with E-state index in [0.29, 0.717) is 12.8 Å². The normalized spacial score (nSPS) is 13.8. The minimum Gasteiger partial charge on any atom is -0.387 e. The molecule has 0 aliphatic rings. The largest absolute Gasteiger partial charge is 0.387 e. The summed E-state index contributed by atoms with van der Waals surface area (Å²) in [6, 6.07) is -1.06. The van der Waals surface area contributed by atoms with Crippen molar-refractivity contribution >= 4 is 16.0 Å². The summed E-state index contributed by atoms with van der Waals surface area (Å²) in [4.78, 5) is 12.3.